The molecule has 3 aromatic carbocycles. The normalized spacial score (nSPS) is 11.2. The quantitative estimate of drug-likeness (QED) is 0.119. The Labute approximate surface area is 251 Å². The summed E-state index contributed by atoms with van der Waals surface area (Å²) in [6, 6.07) is 30.4. The van der Waals surface area contributed by atoms with Gasteiger partial charge in [-0.05, 0) is 47.5 Å². The summed E-state index contributed by atoms with van der Waals surface area (Å²) < 4.78 is 63.7. The molecule has 4 aromatic rings. The van der Waals surface area contributed by atoms with Crippen molar-refractivity contribution in [2.45, 2.75) is 31.2 Å². The summed E-state index contributed by atoms with van der Waals surface area (Å²) >= 11 is 0. The first-order chi connectivity index (χ1) is 20.3. The smallest absolute Gasteiger partial charge is 0.285 e. The van der Waals surface area contributed by atoms with E-state index in [0.29, 0.717) is 12.2 Å². The average Bonchev–Trinajstić information content (AvgIpc) is 2.95. The zero-order valence-electron chi connectivity index (χ0n) is 23.1. The molecule has 0 spiro atoms. The Morgan fingerprint density at radius 1 is 0.837 bits per heavy atom. The zero-order valence-corrected chi connectivity index (χ0v) is 24.6. The lowest BCUT2D eigenvalue weighted by Crippen LogP contribution is -2.68. The van der Waals surface area contributed by atoms with Crippen LogP contribution in [0.2, 0.25) is 0 Å². The molecule has 4 rings (SSSR count). The molecule has 0 aliphatic carbocycles. The van der Waals surface area contributed by atoms with Crippen LogP contribution in [-0.2, 0) is 27.8 Å². The molecule has 226 valence electrons. The predicted molar refractivity (Wildman–Crippen MR) is 150 cm³/mol. The van der Waals surface area contributed by atoms with Gasteiger partial charge in [0, 0.05) is 29.8 Å². The molecule has 0 atom stereocenters. The van der Waals surface area contributed by atoms with E-state index in [1.165, 1.54) is 24.3 Å². The number of hydrogen-bond donors (Lipinski definition) is 3. The van der Waals surface area contributed by atoms with Crippen LogP contribution in [0.5, 0.6) is 0 Å². The molecule has 0 saturated carbocycles. The van der Waals surface area contributed by atoms with Crippen molar-refractivity contribution < 1.29 is 46.7 Å². The van der Waals surface area contributed by atoms with Gasteiger partial charge in [0.05, 0.1) is 11.3 Å². The van der Waals surface area contributed by atoms with Gasteiger partial charge in [-0.25, -0.2) is 18.6 Å². The number of carbonyl (C=O) groups is 1. The SMILES string of the molecule is CCc1cc(-c2ccccc2)cc(-c2ccccc2)[n+]1CCC(=O)Nc1ccc(S(=O)(=O)N=C(N)N)cc1.[O-][Cl+3]([O-])([O-])[O-]. The maximum absolute atomic E-state index is 12.9. The molecule has 0 radical (unpaired) electrons. The highest BCUT2D eigenvalue weighted by Crippen LogP contribution is 2.25. The molecule has 43 heavy (non-hydrogen) atoms. The van der Waals surface area contributed by atoms with Gasteiger partial charge >= 0.3 is 0 Å². The molecular formula is C29H30ClN5O7S. The molecule has 0 aliphatic heterocycles. The number of rotatable bonds is 9. The van der Waals surface area contributed by atoms with Crippen molar-refractivity contribution in [2.24, 2.45) is 15.9 Å². The molecular weight excluding hydrogens is 598 g/mol. The first-order valence-corrected chi connectivity index (χ1v) is 15.5. The first-order valence-electron chi connectivity index (χ1n) is 12.8. The van der Waals surface area contributed by atoms with E-state index in [1.54, 1.807) is 0 Å². The summed E-state index contributed by atoms with van der Waals surface area (Å²) in [5.74, 6) is -0.733. The minimum Gasteiger partial charge on any atom is -0.369 e. The fourth-order valence-electron chi connectivity index (χ4n) is 4.22. The maximum atomic E-state index is 12.9. The highest BCUT2D eigenvalue weighted by molar-refractivity contribution is 7.90. The van der Waals surface area contributed by atoms with Crippen molar-refractivity contribution in [3.05, 3.63) is 103 Å². The highest BCUT2D eigenvalue weighted by atomic mass is 35.7. The Morgan fingerprint density at radius 3 is 1.88 bits per heavy atom. The van der Waals surface area contributed by atoms with Crippen molar-refractivity contribution >= 4 is 27.6 Å². The van der Waals surface area contributed by atoms with E-state index in [2.05, 4.69) is 57.6 Å². The number of hydrogen-bond acceptors (Lipinski definition) is 7. The summed E-state index contributed by atoms with van der Waals surface area (Å²) in [6.07, 6.45) is 1.03. The van der Waals surface area contributed by atoms with Crippen LogP contribution in [0.15, 0.2) is 106 Å². The lowest BCUT2D eigenvalue weighted by Gasteiger charge is -2.17. The number of aromatic nitrogens is 1. The Hall–Kier alpha value is -4.37. The fraction of sp³-hybridized carbons (Fsp3) is 0.138. The topological polar surface area (TPSA) is 224 Å². The number of anilines is 1. The first kappa shape index (κ1) is 33.1. The van der Waals surface area contributed by atoms with E-state index >= 15 is 0 Å². The number of amides is 1. The molecule has 0 unspecified atom stereocenters. The van der Waals surface area contributed by atoms with Gasteiger partial charge in [-0.1, -0.05) is 55.5 Å². The van der Waals surface area contributed by atoms with E-state index in [4.69, 9.17) is 30.1 Å². The summed E-state index contributed by atoms with van der Waals surface area (Å²) in [6.45, 7) is 2.58. The van der Waals surface area contributed by atoms with Gasteiger partial charge in [-0.3, -0.25) is 4.79 Å². The van der Waals surface area contributed by atoms with Crippen molar-refractivity contribution in [1.82, 2.24) is 0 Å². The van der Waals surface area contributed by atoms with Crippen LogP contribution in [0.3, 0.4) is 0 Å². The molecule has 0 aliphatic rings. The molecule has 12 nitrogen and oxygen atoms in total. The second kappa shape index (κ2) is 14.7. The van der Waals surface area contributed by atoms with E-state index in [1.807, 2.05) is 36.4 Å². The average molecular weight is 628 g/mol. The monoisotopic (exact) mass is 627 g/mol. The molecule has 1 amide bonds. The third kappa shape index (κ3) is 10.4. The van der Waals surface area contributed by atoms with Gasteiger partial charge in [0.25, 0.3) is 10.0 Å². The Morgan fingerprint density at radius 2 is 1.37 bits per heavy atom. The van der Waals surface area contributed by atoms with Crippen molar-refractivity contribution in [3.8, 4) is 22.4 Å². The number of guanidine groups is 1. The van der Waals surface area contributed by atoms with Crippen LogP contribution < -0.4 is 40.0 Å². The van der Waals surface area contributed by atoms with Crippen LogP contribution in [0.1, 0.15) is 19.0 Å². The molecule has 1 heterocycles. The Kier molecular flexibility index (Phi) is 11.3. The number of halogens is 1. The number of benzene rings is 3. The van der Waals surface area contributed by atoms with Crippen LogP contribution in [0, 0.1) is 10.2 Å². The molecule has 0 bridgehead atoms. The summed E-state index contributed by atoms with van der Waals surface area (Å²) in [5, 5.41) is 2.83. The number of nitrogens with one attached hydrogen (secondary N) is 1. The number of nitrogens with zero attached hydrogens (tertiary/aromatic N) is 2. The van der Waals surface area contributed by atoms with E-state index in [9.17, 15) is 13.2 Å². The zero-order chi connectivity index (χ0) is 31.6. The van der Waals surface area contributed by atoms with Gasteiger partial charge in [0.2, 0.25) is 17.6 Å². The second-order valence-electron chi connectivity index (χ2n) is 9.05. The molecule has 0 fully saturated rings. The Bertz CT molecular complexity index is 1650. The third-order valence-electron chi connectivity index (χ3n) is 6.01. The molecule has 0 saturated heterocycles. The molecule has 5 N–H and O–H groups in total. The number of nitrogens with two attached hydrogens (primary N) is 2. The van der Waals surface area contributed by atoms with Gasteiger partial charge in [0.15, 0.2) is 12.2 Å². The highest BCUT2D eigenvalue weighted by Gasteiger charge is 2.21. The number of carbonyl (C=O) groups excluding carboxylic acids is 1. The third-order valence-corrected chi connectivity index (χ3v) is 7.33. The fourth-order valence-corrected chi connectivity index (χ4v) is 5.08. The minimum atomic E-state index is -4.94. The van der Waals surface area contributed by atoms with Crippen molar-refractivity contribution in [3.63, 3.8) is 0 Å². The lowest BCUT2D eigenvalue weighted by atomic mass is 10.0. The minimum absolute atomic E-state index is 0.0712. The van der Waals surface area contributed by atoms with Crippen molar-refractivity contribution in [2.75, 3.05) is 5.32 Å². The summed E-state index contributed by atoms with van der Waals surface area (Å²) in [5.41, 5.74) is 16.3. The van der Waals surface area contributed by atoms with Crippen LogP contribution >= 0.6 is 0 Å². The number of sulfonamides is 1. The van der Waals surface area contributed by atoms with Crippen molar-refractivity contribution in [1.29, 1.82) is 0 Å². The maximum Gasteiger partial charge on any atom is 0.285 e. The molecule has 14 heteroatoms. The predicted octanol–water partition coefficient (Wildman–Crippen LogP) is -0.895. The van der Waals surface area contributed by atoms with Gasteiger partial charge in [-0.15, -0.1) is 14.6 Å². The van der Waals surface area contributed by atoms with Gasteiger partial charge in [-0.2, -0.15) is 13.0 Å². The standard InChI is InChI=1S/C29H29N5O3S.ClHO4/c1-2-25-19-23(21-9-5-3-6-10-21)20-27(22-11-7-4-8-12-22)34(25)18-17-28(35)32-24-13-15-26(16-14-24)38(36,37)33-29(30)31;2-1(3,4)5/h3-16,19-20H,2,17-18H2,1H3,(H4-,30,31,32,33,35);(H,2,3,4,5). The number of aryl methyl sites for hydroxylation is 1. The number of pyridine rings is 1. The summed E-state index contributed by atoms with van der Waals surface area (Å²) in [4.78, 5) is 12.8. The summed E-state index contributed by atoms with van der Waals surface area (Å²) in [7, 11) is -8.94. The van der Waals surface area contributed by atoms with E-state index < -0.39 is 26.2 Å². The van der Waals surface area contributed by atoms with Crippen LogP contribution in [0.25, 0.3) is 22.4 Å². The van der Waals surface area contributed by atoms with Crippen LogP contribution in [-0.4, -0.2) is 20.3 Å². The van der Waals surface area contributed by atoms with Crippen LogP contribution in [0.4, 0.5) is 5.69 Å². The largest absolute Gasteiger partial charge is 0.369 e. The van der Waals surface area contributed by atoms with E-state index in [-0.39, 0.29) is 17.2 Å². The van der Waals surface area contributed by atoms with Gasteiger partial charge in [0.1, 0.15) is 0 Å². The second-order valence-corrected chi connectivity index (χ2v) is 11.4. The van der Waals surface area contributed by atoms with Gasteiger partial charge < -0.3 is 16.8 Å². The Balaban J connectivity index is 0.000000934. The molecule has 1 aromatic heterocycles. The lowest BCUT2D eigenvalue weighted by molar-refractivity contribution is -2.00. The van der Waals surface area contributed by atoms with E-state index in [0.717, 1.165) is 34.5 Å².